The van der Waals surface area contributed by atoms with E-state index in [0.717, 1.165) is 12.2 Å². The van der Waals surface area contributed by atoms with Gasteiger partial charge in [0.05, 0.1) is 13.2 Å². The summed E-state index contributed by atoms with van der Waals surface area (Å²) in [5.41, 5.74) is -0.619. The Kier molecular flexibility index (Phi) is 12.0. The third kappa shape index (κ3) is 9.56. The van der Waals surface area contributed by atoms with Crippen LogP contribution in [0.2, 0.25) is 0 Å². The van der Waals surface area contributed by atoms with Crippen molar-refractivity contribution in [2.75, 3.05) is 34.5 Å². The smallest absolute Gasteiger partial charge is 0.251 e. The van der Waals surface area contributed by atoms with Crippen molar-refractivity contribution in [1.29, 1.82) is 0 Å². The molecular formula is C13H23N2O8P. The number of amides is 2. The zero-order valence-electron chi connectivity index (χ0n) is 13.7. The first kappa shape index (κ1) is 22.4. The molecular weight excluding hydrogens is 343 g/mol. The van der Waals surface area contributed by atoms with E-state index in [9.17, 15) is 14.7 Å². The molecule has 24 heavy (non-hydrogen) atoms. The van der Waals surface area contributed by atoms with E-state index >= 15 is 0 Å². The second kappa shape index (κ2) is 12.8. The van der Waals surface area contributed by atoms with Crippen molar-refractivity contribution in [1.82, 2.24) is 10.2 Å². The van der Waals surface area contributed by atoms with Gasteiger partial charge in [-0.25, -0.2) is 0 Å². The third-order valence-corrected chi connectivity index (χ3v) is 3.19. The van der Waals surface area contributed by atoms with E-state index in [1.165, 1.54) is 25.3 Å². The monoisotopic (exact) mass is 366 g/mol. The van der Waals surface area contributed by atoms with Gasteiger partial charge in [0, 0.05) is 33.5 Å². The zero-order chi connectivity index (χ0) is 18.5. The SMILES string of the molecule is COCC(O[C@H](/C=C(\O)P(O)O)COC)N(C)/C=C\C(=O)NC=O. The summed E-state index contributed by atoms with van der Waals surface area (Å²) in [6.07, 6.45) is 2.41. The number of hydrogen-bond donors (Lipinski definition) is 4. The quantitative estimate of drug-likeness (QED) is 0.117. The van der Waals surface area contributed by atoms with Crippen LogP contribution in [0.15, 0.2) is 23.9 Å². The van der Waals surface area contributed by atoms with Gasteiger partial charge in [0.25, 0.3) is 5.91 Å². The minimum atomic E-state index is -2.64. The molecule has 0 aliphatic carbocycles. The van der Waals surface area contributed by atoms with Crippen molar-refractivity contribution in [2.24, 2.45) is 0 Å². The van der Waals surface area contributed by atoms with Gasteiger partial charge in [0.2, 0.25) is 14.8 Å². The fraction of sp³-hybridized carbons (Fsp3) is 0.538. The van der Waals surface area contributed by atoms with Crippen molar-refractivity contribution in [3.8, 4) is 0 Å². The van der Waals surface area contributed by atoms with E-state index in [-0.39, 0.29) is 19.6 Å². The molecule has 0 aromatic carbocycles. The number of nitrogens with one attached hydrogen (secondary N) is 1. The third-order valence-electron chi connectivity index (χ3n) is 2.63. The molecule has 4 N–H and O–H groups in total. The molecule has 0 aliphatic heterocycles. The van der Waals surface area contributed by atoms with Crippen LogP contribution in [0.25, 0.3) is 0 Å². The highest BCUT2D eigenvalue weighted by atomic mass is 31.2. The lowest BCUT2D eigenvalue weighted by Gasteiger charge is -2.29. The zero-order valence-corrected chi connectivity index (χ0v) is 14.6. The summed E-state index contributed by atoms with van der Waals surface area (Å²) >= 11 is 0. The summed E-state index contributed by atoms with van der Waals surface area (Å²) in [6.45, 7) is 0.147. The van der Waals surface area contributed by atoms with E-state index in [1.807, 2.05) is 5.32 Å². The first-order valence-electron chi connectivity index (χ1n) is 6.72. The average molecular weight is 366 g/mol. The molecule has 0 heterocycles. The summed E-state index contributed by atoms with van der Waals surface area (Å²) in [7, 11) is 1.84. The average Bonchev–Trinajstić information content (AvgIpc) is 2.52. The molecule has 0 radical (unpaired) electrons. The normalized spacial score (nSPS) is 14.7. The van der Waals surface area contributed by atoms with Crippen LogP contribution in [0.1, 0.15) is 0 Å². The maximum Gasteiger partial charge on any atom is 0.251 e. The molecule has 138 valence electrons. The number of carbonyl (C=O) groups is 2. The minimum absolute atomic E-state index is 0.0383. The highest BCUT2D eigenvalue weighted by Gasteiger charge is 2.20. The van der Waals surface area contributed by atoms with E-state index < -0.39 is 32.1 Å². The molecule has 2 amide bonds. The fourth-order valence-electron chi connectivity index (χ4n) is 1.51. The van der Waals surface area contributed by atoms with E-state index in [2.05, 4.69) is 0 Å². The Balaban J connectivity index is 5.01. The van der Waals surface area contributed by atoms with Gasteiger partial charge >= 0.3 is 0 Å². The van der Waals surface area contributed by atoms with Gasteiger partial charge in [-0.3, -0.25) is 14.9 Å². The van der Waals surface area contributed by atoms with Crippen molar-refractivity contribution < 1.29 is 38.7 Å². The number of nitrogens with zero attached hydrogens (tertiary/aromatic N) is 1. The second-order valence-corrected chi connectivity index (χ2v) is 5.50. The van der Waals surface area contributed by atoms with Crippen LogP contribution in [-0.2, 0) is 23.8 Å². The maximum absolute atomic E-state index is 11.2. The summed E-state index contributed by atoms with van der Waals surface area (Å²) in [5.74, 6) is -0.606. The van der Waals surface area contributed by atoms with Gasteiger partial charge in [-0.05, 0) is 6.08 Å². The van der Waals surface area contributed by atoms with Crippen LogP contribution in [0.3, 0.4) is 0 Å². The molecule has 0 spiro atoms. The summed E-state index contributed by atoms with van der Waals surface area (Å²) in [6, 6.07) is 0. The molecule has 0 aliphatic rings. The number of carbonyl (C=O) groups excluding carboxylic acids is 2. The van der Waals surface area contributed by atoms with Crippen molar-refractivity contribution in [2.45, 2.75) is 12.3 Å². The van der Waals surface area contributed by atoms with Crippen molar-refractivity contribution in [3.05, 3.63) is 23.9 Å². The number of aliphatic hydroxyl groups is 1. The van der Waals surface area contributed by atoms with Crippen LogP contribution >= 0.6 is 8.38 Å². The first-order valence-corrected chi connectivity index (χ1v) is 7.96. The summed E-state index contributed by atoms with van der Waals surface area (Å²) in [5, 5.41) is 11.4. The van der Waals surface area contributed by atoms with E-state index in [4.69, 9.17) is 24.0 Å². The standard InChI is InChI=1S/C13H23N2O8P/c1-15(5-4-11(17)14-9-16)12(8-22-3)23-10(7-21-2)6-13(18)24(19)20/h4-6,9-10,12,18-20H,7-8H2,1-3H3,(H,14,16,17)/b5-4-,13-6+/t10-,12?/m1/s1. The molecule has 2 atom stereocenters. The number of hydrogen-bond acceptors (Lipinski definition) is 9. The van der Waals surface area contributed by atoms with Gasteiger partial charge in [0.15, 0.2) is 11.7 Å². The number of methoxy groups -OCH3 is 2. The highest BCUT2D eigenvalue weighted by Crippen LogP contribution is 2.33. The Morgan fingerprint density at radius 3 is 2.42 bits per heavy atom. The number of likely N-dealkylation sites (N-methyl/N-ethyl adjacent to an activating group) is 1. The van der Waals surface area contributed by atoms with Crippen molar-refractivity contribution in [3.63, 3.8) is 0 Å². The summed E-state index contributed by atoms with van der Waals surface area (Å²) < 4.78 is 15.7. The number of aliphatic hydroxyl groups excluding tert-OH is 1. The Labute approximate surface area is 141 Å². The lowest BCUT2D eigenvalue weighted by Crippen LogP contribution is -2.38. The molecule has 11 heteroatoms. The number of ether oxygens (including phenoxy) is 3. The minimum Gasteiger partial charge on any atom is -0.503 e. The molecule has 0 aromatic rings. The molecule has 1 unspecified atom stereocenters. The number of imide groups is 1. The fourth-order valence-corrected chi connectivity index (χ4v) is 1.81. The summed E-state index contributed by atoms with van der Waals surface area (Å²) in [4.78, 5) is 40.8. The molecule has 0 fully saturated rings. The Morgan fingerprint density at radius 2 is 1.92 bits per heavy atom. The van der Waals surface area contributed by atoms with Gasteiger partial charge in [-0.2, -0.15) is 0 Å². The van der Waals surface area contributed by atoms with Crippen molar-refractivity contribution >= 4 is 20.7 Å². The van der Waals surface area contributed by atoms with Crippen LogP contribution in [-0.4, -0.2) is 78.9 Å². The van der Waals surface area contributed by atoms with E-state index in [1.54, 1.807) is 7.05 Å². The Hall–Kier alpha value is -1.55. The van der Waals surface area contributed by atoms with Gasteiger partial charge in [-0.1, -0.05) is 0 Å². The topological polar surface area (TPSA) is 138 Å². The predicted molar refractivity (Wildman–Crippen MR) is 85.6 cm³/mol. The van der Waals surface area contributed by atoms with Gasteiger partial charge < -0.3 is 34.0 Å². The lowest BCUT2D eigenvalue weighted by atomic mass is 10.3. The van der Waals surface area contributed by atoms with Gasteiger partial charge in [0.1, 0.15) is 6.10 Å². The second-order valence-electron chi connectivity index (χ2n) is 4.46. The predicted octanol–water partition coefficient (Wildman–Crippen LogP) is -0.595. The molecule has 0 rings (SSSR count). The lowest BCUT2D eigenvalue weighted by molar-refractivity contribution is -0.122. The Morgan fingerprint density at radius 1 is 1.29 bits per heavy atom. The van der Waals surface area contributed by atoms with Crippen LogP contribution in [0, 0.1) is 0 Å². The molecule has 0 saturated carbocycles. The highest BCUT2D eigenvalue weighted by molar-refractivity contribution is 7.49. The molecule has 0 bridgehead atoms. The maximum atomic E-state index is 11.2. The molecule has 10 nitrogen and oxygen atoms in total. The molecule has 0 saturated heterocycles. The Bertz CT molecular complexity index is 444. The van der Waals surface area contributed by atoms with Crippen LogP contribution in [0.4, 0.5) is 0 Å². The molecule has 0 aromatic heterocycles. The van der Waals surface area contributed by atoms with Gasteiger partial charge in [-0.15, -0.1) is 0 Å². The largest absolute Gasteiger partial charge is 0.503 e. The number of rotatable bonds is 12. The van der Waals surface area contributed by atoms with Crippen LogP contribution < -0.4 is 5.32 Å². The van der Waals surface area contributed by atoms with Crippen LogP contribution in [0.5, 0.6) is 0 Å². The first-order chi connectivity index (χ1) is 11.3. The van der Waals surface area contributed by atoms with E-state index in [0.29, 0.717) is 0 Å².